The van der Waals surface area contributed by atoms with Crippen LogP contribution in [-0.4, -0.2) is 20.0 Å². The van der Waals surface area contributed by atoms with Gasteiger partial charge in [0.15, 0.2) is 5.78 Å². The number of ether oxygens (including phenoxy) is 2. The third kappa shape index (κ3) is 3.43. The van der Waals surface area contributed by atoms with Gasteiger partial charge in [-0.25, -0.2) is 0 Å². The Morgan fingerprint density at radius 1 is 0.952 bits per heavy atom. The van der Waals surface area contributed by atoms with Crippen LogP contribution in [0.3, 0.4) is 0 Å². The van der Waals surface area contributed by atoms with Crippen LogP contribution < -0.4 is 9.47 Å². The zero-order valence-corrected chi connectivity index (χ0v) is 12.7. The minimum Gasteiger partial charge on any atom is -0.496 e. The first-order valence-corrected chi connectivity index (χ1v) is 6.96. The average Bonchev–Trinajstić information content (AvgIpc) is 2.52. The van der Waals surface area contributed by atoms with Crippen molar-refractivity contribution in [2.24, 2.45) is 0 Å². The third-order valence-corrected chi connectivity index (χ3v) is 3.59. The van der Waals surface area contributed by atoms with E-state index < -0.39 is 0 Å². The normalized spacial score (nSPS) is 10.2. The standard InChI is InChI=1S/C18H20O3/c1-13-7-4-5-8-14(13)11-12-15(19)18-16(20-2)9-6-10-17(18)21-3/h4-10H,11-12H2,1-3H3. The quantitative estimate of drug-likeness (QED) is 0.756. The molecule has 0 saturated carbocycles. The van der Waals surface area contributed by atoms with Crippen LogP contribution in [-0.2, 0) is 6.42 Å². The van der Waals surface area contributed by atoms with Gasteiger partial charge in [0.05, 0.1) is 14.2 Å². The summed E-state index contributed by atoms with van der Waals surface area (Å²) in [4.78, 5) is 12.5. The summed E-state index contributed by atoms with van der Waals surface area (Å²) in [7, 11) is 3.12. The second-order valence-electron chi connectivity index (χ2n) is 4.89. The van der Waals surface area contributed by atoms with Gasteiger partial charge in [-0.2, -0.15) is 0 Å². The fraction of sp³-hybridized carbons (Fsp3) is 0.278. The lowest BCUT2D eigenvalue weighted by Gasteiger charge is -2.12. The molecule has 0 unspecified atom stereocenters. The number of benzene rings is 2. The molecule has 0 fully saturated rings. The van der Waals surface area contributed by atoms with Gasteiger partial charge in [0, 0.05) is 6.42 Å². The summed E-state index contributed by atoms with van der Waals surface area (Å²) < 4.78 is 10.6. The first kappa shape index (κ1) is 15.1. The highest BCUT2D eigenvalue weighted by molar-refractivity contribution is 6.01. The highest BCUT2D eigenvalue weighted by Gasteiger charge is 2.17. The molecule has 110 valence electrons. The Morgan fingerprint density at radius 3 is 2.14 bits per heavy atom. The molecule has 2 aromatic carbocycles. The lowest BCUT2D eigenvalue weighted by molar-refractivity contribution is 0.0976. The zero-order valence-electron chi connectivity index (χ0n) is 12.7. The first-order chi connectivity index (χ1) is 10.2. The smallest absolute Gasteiger partial charge is 0.170 e. The third-order valence-electron chi connectivity index (χ3n) is 3.59. The molecule has 0 radical (unpaired) electrons. The van der Waals surface area contributed by atoms with Crippen molar-refractivity contribution in [3.63, 3.8) is 0 Å². The second kappa shape index (κ2) is 6.93. The molecule has 0 bridgehead atoms. The molecule has 3 heteroatoms. The van der Waals surface area contributed by atoms with E-state index in [0.29, 0.717) is 29.9 Å². The number of hydrogen-bond donors (Lipinski definition) is 0. The van der Waals surface area contributed by atoms with Crippen molar-refractivity contribution in [3.05, 3.63) is 59.2 Å². The Morgan fingerprint density at radius 2 is 1.57 bits per heavy atom. The van der Waals surface area contributed by atoms with Crippen molar-refractivity contribution >= 4 is 5.78 Å². The molecule has 0 N–H and O–H groups in total. The number of Topliss-reactive ketones (excluding diaryl/α,β-unsaturated/α-hetero) is 1. The fourth-order valence-corrected chi connectivity index (χ4v) is 2.39. The maximum atomic E-state index is 12.5. The molecule has 2 rings (SSSR count). The minimum atomic E-state index is 0.0348. The summed E-state index contributed by atoms with van der Waals surface area (Å²) in [5, 5.41) is 0. The Kier molecular flexibility index (Phi) is 4.99. The number of ketones is 1. The van der Waals surface area contributed by atoms with Crippen molar-refractivity contribution in [1.29, 1.82) is 0 Å². The molecule has 0 amide bonds. The second-order valence-corrected chi connectivity index (χ2v) is 4.89. The van der Waals surface area contributed by atoms with Gasteiger partial charge in [0.1, 0.15) is 17.1 Å². The van der Waals surface area contributed by atoms with Crippen LogP contribution in [0.2, 0.25) is 0 Å². The predicted octanol–water partition coefficient (Wildman–Crippen LogP) is 3.83. The van der Waals surface area contributed by atoms with E-state index in [4.69, 9.17) is 9.47 Å². The Hall–Kier alpha value is -2.29. The molecule has 0 aromatic heterocycles. The van der Waals surface area contributed by atoms with E-state index in [9.17, 15) is 4.79 Å². The highest BCUT2D eigenvalue weighted by atomic mass is 16.5. The van der Waals surface area contributed by atoms with E-state index in [2.05, 4.69) is 19.1 Å². The monoisotopic (exact) mass is 284 g/mol. The molecule has 0 spiro atoms. The number of methoxy groups -OCH3 is 2. The number of carbonyl (C=O) groups is 1. The number of aryl methyl sites for hydroxylation is 2. The van der Waals surface area contributed by atoms with Crippen LogP contribution in [0, 0.1) is 6.92 Å². The van der Waals surface area contributed by atoms with Gasteiger partial charge in [-0.1, -0.05) is 30.3 Å². The van der Waals surface area contributed by atoms with Crippen molar-refractivity contribution in [2.75, 3.05) is 14.2 Å². The van der Waals surface area contributed by atoms with Crippen LogP contribution in [0.25, 0.3) is 0 Å². The van der Waals surface area contributed by atoms with Crippen molar-refractivity contribution in [3.8, 4) is 11.5 Å². The number of hydrogen-bond acceptors (Lipinski definition) is 3. The number of rotatable bonds is 6. The van der Waals surface area contributed by atoms with Gasteiger partial charge in [-0.05, 0) is 36.6 Å². The molecule has 3 nitrogen and oxygen atoms in total. The zero-order chi connectivity index (χ0) is 15.2. The van der Waals surface area contributed by atoms with E-state index in [1.54, 1.807) is 26.4 Å². The molecule has 0 aliphatic heterocycles. The SMILES string of the molecule is COc1cccc(OC)c1C(=O)CCc1ccccc1C. The molecule has 0 aliphatic rings. The largest absolute Gasteiger partial charge is 0.496 e. The molecule has 2 aromatic rings. The van der Waals surface area contributed by atoms with Gasteiger partial charge in [-0.15, -0.1) is 0 Å². The van der Waals surface area contributed by atoms with Crippen molar-refractivity contribution < 1.29 is 14.3 Å². The molecule has 21 heavy (non-hydrogen) atoms. The van der Waals surface area contributed by atoms with E-state index in [-0.39, 0.29) is 5.78 Å². The topological polar surface area (TPSA) is 35.5 Å². The van der Waals surface area contributed by atoms with Gasteiger partial charge in [-0.3, -0.25) is 4.79 Å². The van der Waals surface area contributed by atoms with E-state index in [0.717, 1.165) is 0 Å². The van der Waals surface area contributed by atoms with Crippen LogP contribution in [0.4, 0.5) is 0 Å². The van der Waals surface area contributed by atoms with Crippen LogP contribution in [0.5, 0.6) is 11.5 Å². The minimum absolute atomic E-state index is 0.0348. The summed E-state index contributed by atoms with van der Waals surface area (Å²) in [6.07, 6.45) is 1.15. The van der Waals surface area contributed by atoms with Crippen LogP contribution >= 0.6 is 0 Å². The maximum absolute atomic E-state index is 12.5. The van der Waals surface area contributed by atoms with Crippen LogP contribution in [0.15, 0.2) is 42.5 Å². The predicted molar refractivity (Wildman–Crippen MR) is 83.4 cm³/mol. The molecular formula is C18H20O3. The van der Waals surface area contributed by atoms with E-state index >= 15 is 0 Å². The van der Waals surface area contributed by atoms with Crippen LogP contribution in [0.1, 0.15) is 27.9 Å². The fourth-order valence-electron chi connectivity index (χ4n) is 2.39. The summed E-state index contributed by atoms with van der Waals surface area (Å²) in [6, 6.07) is 13.5. The molecule has 0 aliphatic carbocycles. The molecule has 0 heterocycles. The average molecular weight is 284 g/mol. The van der Waals surface area contributed by atoms with Gasteiger partial charge in [0.25, 0.3) is 0 Å². The van der Waals surface area contributed by atoms with E-state index in [1.807, 2.05) is 18.2 Å². The lowest BCUT2D eigenvalue weighted by Crippen LogP contribution is -2.06. The Labute approximate surface area is 125 Å². The van der Waals surface area contributed by atoms with Crippen molar-refractivity contribution in [1.82, 2.24) is 0 Å². The Bertz CT molecular complexity index is 610. The first-order valence-electron chi connectivity index (χ1n) is 6.96. The molecule has 0 atom stereocenters. The highest BCUT2D eigenvalue weighted by Crippen LogP contribution is 2.29. The lowest BCUT2D eigenvalue weighted by atomic mass is 9.99. The summed E-state index contributed by atoms with van der Waals surface area (Å²) in [5.41, 5.74) is 2.92. The van der Waals surface area contributed by atoms with Gasteiger partial charge < -0.3 is 9.47 Å². The van der Waals surface area contributed by atoms with Crippen molar-refractivity contribution in [2.45, 2.75) is 19.8 Å². The number of carbonyl (C=O) groups excluding carboxylic acids is 1. The summed E-state index contributed by atoms with van der Waals surface area (Å²) in [5.74, 6) is 1.15. The summed E-state index contributed by atoms with van der Waals surface area (Å²) >= 11 is 0. The molecular weight excluding hydrogens is 264 g/mol. The summed E-state index contributed by atoms with van der Waals surface area (Å²) in [6.45, 7) is 2.06. The van der Waals surface area contributed by atoms with Gasteiger partial charge >= 0.3 is 0 Å². The van der Waals surface area contributed by atoms with Gasteiger partial charge in [0.2, 0.25) is 0 Å². The molecule has 0 saturated heterocycles. The Balaban J connectivity index is 2.19. The maximum Gasteiger partial charge on any atom is 0.170 e. The van der Waals surface area contributed by atoms with E-state index in [1.165, 1.54) is 11.1 Å².